The second kappa shape index (κ2) is 5.61. The minimum atomic E-state index is -1.14. The number of carboxylic acids is 1. The third kappa shape index (κ3) is 3.16. The van der Waals surface area contributed by atoms with Gasteiger partial charge in [-0.25, -0.2) is 9.78 Å². The predicted molar refractivity (Wildman–Crippen MR) is 72.9 cm³/mol. The standard InChI is InChI=1S/C13H13N3O5/c1-8(2)21-12-5-9(3-4-11(12)16(19)20)15-6-10(13(17)18)14-7-15/h3-8H,1-2H3,(H,17,18). The molecule has 1 aromatic carbocycles. The zero-order valence-electron chi connectivity index (χ0n) is 11.4. The minimum absolute atomic E-state index is 0.111. The van der Waals surface area contributed by atoms with E-state index in [0.717, 1.165) is 0 Å². The average molecular weight is 291 g/mol. The Bertz CT molecular complexity index is 693. The lowest BCUT2D eigenvalue weighted by Crippen LogP contribution is -2.08. The van der Waals surface area contributed by atoms with Gasteiger partial charge in [0.25, 0.3) is 0 Å². The smallest absolute Gasteiger partial charge is 0.356 e. The van der Waals surface area contributed by atoms with E-state index in [9.17, 15) is 14.9 Å². The molecular weight excluding hydrogens is 278 g/mol. The lowest BCUT2D eigenvalue weighted by atomic mass is 10.2. The molecule has 0 aliphatic rings. The minimum Gasteiger partial charge on any atom is -0.484 e. The number of ether oxygens (including phenoxy) is 1. The van der Waals surface area contributed by atoms with Gasteiger partial charge < -0.3 is 14.4 Å². The lowest BCUT2D eigenvalue weighted by molar-refractivity contribution is -0.386. The molecule has 0 saturated heterocycles. The highest BCUT2D eigenvalue weighted by molar-refractivity contribution is 5.85. The van der Waals surface area contributed by atoms with Gasteiger partial charge in [0.15, 0.2) is 11.4 Å². The third-order valence-corrected chi connectivity index (χ3v) is 2.60. The molecule has 1 N–H and O–H groups in total. The molecule has 0 spiro atoms. The van der Waals surface area contributed by atoms with Crippen molar-refractivity contribution in [2.24, 2.45) is 0 Å². The Morgan fingerprint density at radius 1 is 1.48 bits per heavy atom. The van der Waals surface area contributed by atoms with Crippen molar-refractivity contribution < 1.29 is 19.6 Å². The Hall–Kier alpha value is -2.90. The molecule has 8 nitrogen and oxygen atoms in total. The van der Waals surface area contributed by atoms with Gasteiger partial charge in [-0.2, -0.15) is 0 Å². The van der Waals surface area contributed by atoms with E-state index >= 15 is 0 Å². The molecule has 8 heteroatoms. The summed E-state index contributed by atoms with van der Waals surface area (Å²) in [5.74, 6) is -1.02. The number of aromatic nitrogens is 2. The molecule has 1 aromatic heterocycles. The molecule has 0 saturated carbocycles. The van der Waals surface area contributed by atoms with Crippen LogP contribution in [0, 0.1) is 10.1 Å². The highest BCUT2D eigenvalue weighted by Gasteiger charge is 2.18. The molecule has 21 heavy (non-hydrogen) atoms. The van der Waals surface area contributed by atoms with Crippen LogP contribution >= 0.6 is 0 Å². The third-order valence-electron chi connectivity index (χ3n) is 2.60. The molecule has 0 fully saturated rings. The highest BCUT2D eigenvalue weighted by atomic mass is 16.6. The summed E-state index contributed by atoms with van der Waals surface area (Å²) in [6.07, 6.45) is 2.42. The second-order valence-electron chi connectivity index (χ2n) is 4.55. The van der Waals surface area contributed by atoms with Crippen molar-refractivity contribution >= 4 is 11.7 Å². The van der Waals surface area contributed by atoms with E-state index in [-0.39, 0.29) is 23.2 Å². The fourth-order valence-corrected chi connectivity index (χ4v) is 1.74. The van der Waals surface area contributed by atoms with E-state index < -0.39 is 10.9 Å². The number of nitro benzene ring substituents is 1. The first-order chi connectivity index (χ1) is 9.88. The lowest BCUT2D eigenvalue weighted by Gasteiger charge is -2.11. The second-order valence-corrected chi connectivity index (χ2v) is 4.55. The molecule has 0 aliphatic carbocycles. The predicted octanol–water partition coefficient (Wildman–Crippen LogP) is 2.27. The van der Waals surface area contributed by atoms with E-state index in [0.29, 0.717) is 5.69 Å². The number of aromatic carboxylic acids is 1. The Labute approximate surface area is 119 Å². The van der Waals surface area contributed by atoms with Crippen LogP contribution in [0.4, 0.5) is 5.69 Å². The van der Waals surface area contributed by atoms with Gasteiger partial charge in [0, 0.05) is 18.3 Å². The summed E-state index contributed by atoms with van der Waals surface area (Å²) < 4.78 is 6.89. The average Bonchev–Trinajstić information content (AvgIpc) is 2.87. The van der Waals surface area contributed by atoms with Crippen LogP contribution in [0.25, 0.3) is 5.69 Å². The highest BCUT2D eigenvalue weighted by Crippen LogP contribution is 2.30. The van der Waals surface area contributed by atoms with Gasteiger partial charge in [-0.1, -0.05) is 0 Å². The summed E-state index contributed by atoms with van der Waals surface area (Å²) in [6, 6.07) is 4.29. The maximum absolute atomic E-state index is 11.0. The molecule has 2 aromatic rings. The number of hydrogen-bond acceptors (Lipinski definition) is 5. The van der Waals surface area contributed by atoms with Gasteiger partial charge in [-0.15, -0.1) is 0 Å². The molecule has 0 amide bonds. The van der Waals surface area contributed by atoms with Gasteiger partial charge in [0.2, 0.25) is 0 Å². The zero-order valence-corrected chi connectivity index (χ0v) is 11.4. The van der Waals surface area contributed by atoms with Crippen LogP contribution in [0.2, 0.25) is 0 Å². The van der Waals surface area contributed by atoms with E-state index in [1.54, 1.807) is 13.8 Å². The van der Waals surface area contributed by atoms with Crippen molar-refractivity contribution in [1.82, 2.24) is 9.55 Å². The van der Waals surface area contributed by atoms with E-state index in [1.807, 2.05) is 0 Å². The van der Waals surface area contributed by atoms with Crippen molar-refractivity contribution in [2.45, 2.75) is 20.0 Å². The fraction of sp³-hybridized carbons (Fsp3) is 0.231. The van der Waals surface area contributed by atoms with Crippen molar-refractivity contribution in [2.75, 3.05) is 0 Å². The van der Waals surface area contributed by atoms with Gasteiger partial charge in [0.1, 0.15) is 6.33 Å². The van der Waals surface area contributed by atoms with Gasteiger partial charge in [-0.05, 0) is 19.9 Å². The largest absolute Gasteiger partial charge is 0.484 e. The Morgan fingerprint density at radius 3 is 2.71 bits per heavy atom. The zero-order chi connectivity index (χ0) is 15.6. The van der Waals surface area contributed by atoms with Crippen molar-refractivity contribution in [3.63, 3.8) is 0 Å². The molecule has 0 aliphatic heterocycles. The van der Waals surface area contributed by atoms with Crippen molar-refractivity contribution in [3.05, 3.63) is 46.5 Å². The maximum atomic E-state index is 11.0. The van der Waals surface area contributed by atoms with Crippen LogP contribution in [0.5, 0.6) is 5.75 Å². The Balaban J connectivity index is 2.44. The quantitative estimate of drug-likeness (QED) is 0.668. The van der Waals surface area contributed by atoms with Crippen LogP contribution in [0.3, 0.4) is 0 Å². The number of imidazole rings is 1. The SMILES string of the molecule is CC(C)Oc1cc(-n2cnc(C(=O)O)c2)ccc1[N+](=O)[O-]. The first-order valence-electron chi connectivity index (χ1n) is 6.11. The van der Waals surface area contributed by atoms with E-state index in [1.165, 1.54) is 35.3 Å². The van der Waals surface area contributed by atoms with E-state index in [4.69, 9.17) is 9.84 Å². The topological polar surface area (TPSA) is 107 Å². The monoisotopic (exact) mass is 291 g/mol. The number of nitro groups is 1. The van der Waals surface area contributed by atoms with Crippen molar-refractivity contribution in [3.8, 4) is 11.4 Å². The number of nitrogens with zero attached hydrogens (tertiary/aromatic N) is 3. The summed E-state index contributed by atoms with van der Waals surface area (Å²) in [7, 11) is 0. The molecule has 0 atom stereocenters. The normalized spacial score (nSPS) is 10.6. The number of benzene rings is 1. The molecule has 110 valence electrons. The number of hydrogen-bond donors (Lipinski definition) is 1. The van der Waals surface area contributed by atoms with Crippen LogP contribution in [-0.4, -0.2) is 31.7 Å². The van der Waals surface area contributed by atoms with Gasteiger partial charge in [-0.3, -0.25) is 10.1 Å². The fourth-order valence-electron chi connectivity index (χ4n) is 1.74. The van der Waals surface area contributed by atoms with Crippen LogP contribution in [-0.2, 0) is 0 Å². The van der Waals surface area contributed by atoms with Crippen LogP contribution < -0.4 is 4.74 Å². The Kier molecular flexibility index (Phi) is 3.88. The number of carbonyl (C=O) groups is 1. The van der Waals surface area contributed by atoms with E-state index in [2.05, 4.69) is 4.98 Å². The molecule has 0 radical (unpaired) electrons. The molecule has 2 rings (SSSR count). The maximum Gasteiger partial charge on any atom is 0.356 e. The molecule has 1 heterocycles. The molecular formula is C13H13N3O5. The van der Waals surface area contributed by atoms with Crippen molar-refractivity contribution in [1.29, 1.82) is 0 Å². The summed E-state index contributed by atoms with van der Waals surface area (Å²) in [5.41, 5.74) is 0.266. The van der Waals surface area contributed by atoms with Gasteiger partial charge >= 0.3 is 11.7 Å². The van der Waals surface area contributed by atoms with Crippen LogP contribution in [0.15, 0.2) is 30.7 Å². The summed E-state index contributed by atoms with van der Waals surface area (Å²) in [5, 5.41) is 19.8. The summed E-state index contributed by atoms with van der Waals surface area (Å²) >= 11 is 0. The van der Waals surface area contributed by atoms with Gasteiger partial charge in [0.05, 0.1) is 16.7 Å². The number of rotatable bonds is 5. The summed E-state index contributed by atoms with van der Waals surface area (Å²) in [6.45, 7) is 3.52. The Morgan fingerprint density at radius 2 is 2.19 bits per heavy atom. The first-order valence-corrected chi connectivity index (χ1v) is 6.11. The molecule has 0 bridgehead atoms. The van der Waals surface area contributed by atoms with Crippen LogP contribution in [0.1, 0.15) is 24.3 Å². The molecule has 0 unspecified atom stereocenters. The number of carboxylic acid groups (broad SMARTS) is 1. The summed E-state index contributed by atoms with van der Waals surface area (Å²) in [4.78, 5) is 25.0. The first kappa shape index (κ1) is 14.5.